The van der Waals surface area contributed by atoms with Crippen LogP contribution in [0.25, 0.3) is 0 Å². The van der Waals surface area contributed by atoms with E-state index in [4.69, 9.17) is 4.42 Å². The van der Waals surface area contributed by atoms with Crippen molar-refractivity contribution in [2.24, 2.45) is 0 Å². The second kappa shape index (κ2) is 4.80. The average molecular weight is 275 g/mol. The lowest BCUT2D eigenvalue weighted by molar-refractivity contribution is -0.129. The van der Waals surface area contributed by atoms with Crippen molar-refractivity contribution in [3.8, 4) is 0 Å². The number of aromatic nitrogens is 3. The molecule has 0 saturated carbocycles. The molecule has 0 saturated heterocycles. The summed E-state index contributed by atoms with van der Waals surface area (Å²) in [7, 11) is 0. The number of hydrogen-bond acceptors (Lipinski definition) is 5. The van der Waals surface area contributed by atoms with Crippen LogP contribution < -0.4 is 10.6 Å². The topological polar surface area (TPSA) is 102 Å². The van der Waals surface area contributed by atoms with Gasteiger partial charge in [0.2, 0.25) is 17.8 Å². The molecule has 3 rings (SSSR count). The first-order chi connectivity index (χ1) is 9.63. The Hall–Kier alpha value is -2.64. The van der Waals surface area contributed by atoms with Gasteiger partial charge in [0, 0.05) is 0 Å². The minimum atomic E-state index is -0.685. The third-order valence-corrected chi connectivity index (χ3v) is 2.98. The van der Waals surface area contributed by atoms with Crippen LogP contribution in [0.3, 0.4) is 0 Å². The zero-order valence-electron chi connectivity index (χ0n) is 10.8. The highest BCUT2D eigenvalue weighted by molar-refractivity contribution is 5.96. The zero-order valence-corrected chi connectivity index (χ0v) is 10.8. The SMILES string of the molecule is Cc1nc2n(n1)[C@H](C(=O)NCc1ccco1)CC(=O)N2. The summed E-state index contributed by atoms with van der Waals surface area (Å²) in [5.41, 5.74) is 0. The maximum absolute atomic E-state index is 12.2. The molecule has 0 aliphatic carbocycles. The smallest absolute Gasteiger partial charge is 0.245 e. The number of carbonyl (C=O) groups is 2. The summed E-state index contributed by atoms with van der Waals surface area (Å²) in [5, 5.41) is 9.45. The molecule has 20 heavy (non-hydrogen) atoms. The van der Waals surface area contributed by atoms with Crippen molar-refractivity contribution in [2.75, 3.05) is 5.32 Å². The van der Waals surface area contributed by atoms with E-state index in [1.54, 1.807) is 19.1 Å². The van der Waals surface area contributed by atoms with Gasteiger partial charge >= 0.3 is 0 Å². The molecule has 2 amide bonds. The van der Waals surface area contributed by atoms with Gasteiger partial charge in [-0.3, -0.25) is 14.9 Å². The minimum absolute atomic E-state index is 0.0415. The fourth-order valence-electron chi connectivity index (χ4n) is 2.08. The predicted molar refractivity (Wildman–Crippen MR) is 67.6 cm³/mol. The predicted octanol–water partition coefficient (Wildman–Crippen LogP) is 0.379. The summed E-state index contributed by atoms with van der Waals surface area (Å²) >= 11 is 0. The molecular weight excluding hydrogens is 262 g/mol. The lowest BCUT2D eigenvalue weighted by Gasteiger charge is -2.22. The maximum Gasteiger partial charge on any atom is 0.245 e. The Morgan fingerprint density at radius 2 is 2.50 bits per heavy atom. The van der Waals surface area contributed by atoms with Crippen molar-refractivity contribution >= 4 is 17.8 Å². The van der Waals surface area contributed by atoms with Gasteiger partial charge in [-0.2, -0.15) is 10.1 Å². The first-order valence-corrected chi connectivity index (χ1v) is 6.16. The van der Waals surface area contributed by atoms with E-state index in [0.29, 0.717) is 17.5 Å². The van der Waals surface area contributed by atoms with Crippen LogP contribution in [0, 0.1) is 6.92 Å². The fourth-order valence-corrected chi connectivity index (χ4v) is 2.08. The summed E-state index contributed by atoms with van der Waals surface area (Å²) < 4.78 is 6.58. The Balaban J connectivity index is 1.75. The molecule has 0 fully saturated rings. The van der Waals surface area contributed by atoms with Gasteiger partial charge in [-0.25, -0.2) is 4.68 Å². The summed E-state index contributed by atoms with van der Waals surface area (Å²) in [4.78, 5) is 27.8. The number of amides is 2. The minimum Gasteiger partial charge on any atom is -0.467 e. The molecular formula is C12H13N5O3. The quantitative estimate of drug-likeness (QED) is 0.843. The molecule has 0 aromatic carbocycles. The highest BCUT2D eigenvalue weighted by atomic mass is 16.3. The standard InChI is InChI=1S/C12H13N5O3/c1-7-14-12-15-10(18)5-9(17(12)16-7)11(19)13-6-8-3-2-4-20-8/h2-4,9H,5-6H2,1H3,(H,13,19)(H,14,15,16,18)/t9-/m0/s1. The highest BCUT2D eigenvalue weighted by Gasteiger charge is 2.32. The van der Waals surface area contributed by atoms with Crippen molar-refractivity contribution in [1.29, 1.82) is 0 Å². The zero-order chi connectivity index (χ0) is 14.1. The van der Waals surface area contributed by atoms with E-state index < -0.39 is 6.04 Å². The lowest BCUT2D eigenvalue weighted by atomic mass is 10.1. The molecule has 0 spiro atoms. The Kier molecular flexibility index (Phi) is 2.97. The number of anilines is 1. The third-order valence-electron chi connectivity index (χ3n) is 2.98. The van der Waals surface area contributed by atoms with Crippen molar-refractivity contribution in [3.05, 3.63) is 30.0 Å². The van der Waals surface area contributed by atoms with Crippen LogP contribution in [0.1, 0.15) is 24.0 Å². The van der Waals surface area contributed by atoms with E-state index in [9.17, 15) is 9.59 Å². The van der Waals surface area contributed by atoms with E-state index in [-0.39, 0.29) is 24.8 Å². The van der Waals surface area contributed by atoms with Crippen molar-refractivity contribution in [1.82, 2.24) is 20.1 Å². The number of carbonyl (C=O) groups excluding carboxylic acids is 2. The second-order valence-electron chi connectivity index (χ2n) is 4.49. The maximum atomic E-state index is 12.2. The Morgan fingerprint density at radius 3 is 3.25 bits per heavy atom. The fraction of sp³-hybridized carbons (Fsp3) is 0.333. The number of rotatable bonds is 3. The summed E-state index contributed by atoms with van der Waals surface area (Å²) in [6, 6.07) is 2.82. The molecule has 1 aliphatic heterocycles. The average Bonchev–Trinajstić information content (AvgIpc) is 3.03. The van der Waals surface area contributed by atoms with Crippen LogP contribution >= 0.6 is 0 Å². The largest absolute Gasteiger partial charge is 0.467 e. The molecule has 1 atom stereocenters. The van der Waals surface area contributed by atoms with Gasteiger partial charge in [0.05, 0.1) is 19.2 Å². The van der Waals surface area contributed by atoms with E-state index >= 15 is 0 Å². The number of aryl methyl sites for hydroxylation is 1. The van der Waals surface area contributed by atoms with Gasteiger partial charge in [0.1, 0.15) is 17.6 Å². The Labute approximate surface area is 114 Å². The number of fused-ring (bicyclic) bond motifs is 1. The van der Waals surface area contributed by atoms with Crippen molar-refractivity contribution < 1.29 is 14.0 Å². The monoisotopic (exact) mass is 275 g/mol. The van der Waals surface area contributed by atoms with E-state index in [1.165, 1.54) is 10.9 Å². The van der Waals surface area contributed by atoms with Crippen molar-refractivity contribution in [2.45, 2.75) is 25.9 Å². The molecule has 104 valence electrons. The molecule has 0 radical (unpaired) electrons. The summed E-state index contributed by atoms with van der Waals surface area (Å²) in [5.74, 6) is 0.919. The van der Waals surface area contributed by atoms with Crippen LogP contribution in [-0.2, 0) is 16.1 Å². The van der Waals surface area contributed by atoms with Crippen LogP contribution in [0.5, 0.6) is 0 Å². The van der Waals surface area contributed by atoms with Crippen LogP contribution in [0.4, 0.5) is 5.95 Å². The van der Waals surface area contributed by atoms with Gasteiger partial charge in [-0.15, -0.1) is 0 Å². The summed E-state index contributed by atoms with van der Waals surface area (Å²) in [6.45, 7) is 1.97. The molecule has 1 aliphatic rings. The Bertz CT molecular complexity index is 646. The first kappa shape index (κ1) is 12.4. The van der Waals surface area contributed by atoms with Gasteiger partial charge in [0.25, 0.3) is 0 Å². The van der Waals surface area contributed by atoms with Crippen LogP contribution in [0.15, 0.2) is 22.8 Å². The Morgan fingerprint density at radius 1 is 1.65 bits per heavy atom. The third kappa shape index (κ3) is 2.27. The van der Waals surface area contributed by atoms with Crippen LogP contribution in [-0.4, -0.2) is 26.6 Å². The van der Waals surface area contributed by atoms with E-state index in [1.807, 2.05) is 0 Å². The molecule has 0 bridgehead atoms. The molecule has 8 nitrogen and oxygen atoms in total. The van der Waals surface area contributed by atoms with Gasteiger partial charge in [0.15, 0.2) is 0 Å². The van der Waals surface area contributed by atoms with Gasteiger partial charge < -0.3 is 9.73 Å². The number of furan rings is 1. The number of nitrogens with zero attached hydrogens (tertiary/aromatic N) is 3. The molecule has 8 heteroatoms. The summed E-state index contributed by atoms with van der Waals surface area (Å²) in [6.07, 6.45) is 1.58. The van der Waals surface area contributed by atoms with E-state index in [2.05, 4.69) is 20.7 Å². The van der Waals surface area contributed by atoms with Crippen molar-refractivity contribution in [3.63, 3.8) is 0 Å². The normalized spacial score (nSPS) is 17.4. The number of hydrogen-bond donors (Lipinski definition) is 2. The molecule has 3 heterocycles. The molecule has 2 aromatic rings. The molecule has 2 aromatic heterocycles. The van der Waals surface area contributed by atoms with Crippen LogP contribution in [0.2, 0.25) is 0 Å². The van der Waals surface area contributed by atoms with E-state index in [0.717, 1.165) is 0 Å². The molecule has 0 unspecified atom stereocenters. The number of nitrogens with one attached hydrogen (secondary N) is 2. The second-order valence-corrected chi connectivity index (χ2v) is 4.49. The first-order valence-electron chi connectivity index (χ1n) is 6.16. The van der Waals surface area contributed by atoms with Gasteiger partial charge in [-0.1, -0.05) is 0 Å². The molecule has 2 N–H and O–H groups in total. The highest BCUT2D eigenvalue weighted by Crippen LogP contribution is 2.22. The lowest BCUT2D eigenvalue weighted by Crippen LogP contribution is -2.39. The van der Waals surface area contributed by atoms with Gasteiger partial charge in [-0.05, 0) is 19.1 Å².